The topological polar surface area (TPSA) is 75.4 Å². The third-order valence-corrected chi connectivity index (χ3v) is 5.41. The minimum absolute atomic E-state index is 0.0170. The van der Waals surface area contributed by atoms with E-state index in [0.29, 0.717) is 19.0 Å². The normalized spacial score (nSPS) is 34.6. The number of nitrogens with zero attached hydrogens (tertiary/aromatic N) is 1. The molecule has 1 aliphatic heterocycles. The summed E-state index contributed by atoms with van der Waals surface area (Å²) in [5, 5.41) is 2.71. The molecule has 3 N–H and O–H groups in total. The number of carbonyl (C=O) groups is 2. The second-order valence-electron chi connectivity index (χ2n) is 7.13. The number of nitrogens with two attached hydrogens (primary N) is 1. The second-order valence-corrected chi connectivity index (χ2v) is 7.13. The maximum Gasteiger partial charge on any atom is 0.227 e. The van der Waals surface area contributed by atoms with Crippen LogP contribution < -0.4 is 11.1 Å². The predicted octanol–water partition coefficient (Wildman–Crippen LogP) is 1.12. The largest absolute Gasteiger partial charge is 0.359 e. The molecule has 0 spiro atoms. The Balaban J connectivity index is 1.96. The molecule has 2 rings (SSSR count). The molecular formula is C16H29N3O2. The lowest BCUT2D eigenvalue weighted by Gasteiger charge is -2.33. The molecule has 2 amide bonds. The second kappa shape index (κ2) is 6.34. The Kier molecular flexibility index (Phi) is 4.91. The zero-order valence-corrected chi connectivity index (χ0v) is 13.5. The van der Waals surface area contributed by atoms with Gasteiger partial charge in [0.15, 0.2) is 0 Å². The highest BCUT2D eigenvalue weighted by molar-refractivity contribution is 5.85. The number of hydrogen-bond acceptors (Lipinski definition) is 3. The molecule has 1 heterocycles. The van der Waals surface area contributed by atoms with Gasteiger partial charge in [-0.1, -0.05) is 13.3 Å². The Hall–Kier alpha value is -1.10. The summed E-state index contributed by atoms with van der Waals surface area (Å²) in [4.78, 5) is 26.5. The molecule has 120 valence electrons. The fourth-order valence-corrected chi connectivity index (χ4v) is 3.85. The number of nitrogens with one attached hydrogen (secondary N) is 1. The monoisotopic (exact) mass is 295 g/mol. The van der Waals surface area contributed by atoms with E-state index >= 15 is 0 Å². The van der Waals surface area contributed by atoms with Crippen molar-refractivity contribution in [2.45, 2.75) is 52.0 Å². The van der Waals surface area contributed by atoms with Crippen LogP contribution >= 0.6 is 0 Å². The van der Waals surface area contributed by atoms with Crippen molar-refractivity contribution in [1.29, 1.82) is 0 Å². The van der Waals surface area contributed by atoms with E-state index in [9.17, 15) is 9.59 Å². The summed E-state index contributed by atoms with van der Waals surface area (Å²) in [6, 6.07) is 0.244. The van der Waals surface area contributed by atoms with Crippen LogP contribution in [0.2, 0.25) is 0 Å². The Morgan fingerprint density at radius 2 is 2.10 bits per heavy atom. The van der Waals surface area contributed by atoms with E-state index in [0.717, 1.165) is 32.1 Å². The van der Waals surface area contributed by atoms with Crippen LogP contribution in [-0.4, -0.2) is 42.9 Å². The minimum atomic E-state index is -0.437. The van der Waals surface area contributed by atoms with E-state index in [1.54, 1.807) is 7.05 Å². The number of amides is 2. The van der Waals surface area contributed by atoms with Crippen molar-refractivity contribution in [2.24, 2.45) is 23.0 Å². The van der Waals surface area contributed by atoms with Gasteiger partial charge >= 0.3 is 0 Å². The highest BCUT2D eigenvalue weighted by Crippen LogP contribution is 2.34. The van der Waals surface area contributed by atoms with Gasteiger partial charge < -0.3 is 16.0 Å². The molecule has 0 aromatic heterocycles. The van der Waals surface area contributed by atoms with Gasteiger partial charge in [0.05, 0.1) is 5.41 Å². The van der Waals surface area contributed by atoms with E-state index in [2.05, 4.69) is 5.32 Å². The summed E-state index contributed by atoms with van der Waals surface area (Å²) in [5.74, 6) is 0.642. The molecule has 4 unspecified atom stereocenters. The number of carbonyl (C=O) groups excluding carboxylic acids is 2. The third-order valence-electron chi connectivity index (χ3n) is 5.41. The molecule has 0 bridgehead atoms. The zero-order chi connectivity index (χ0) is 15.6. The fourth-order valence-electron chi connectivity index (χ4n) is 3.85. The lowest BCUT2D eigenvalue weighted by atomic mass is 9.78. The van der Waals surface area contributed by atoms with Gasteiger partial charge in [0.1, 0.15) is 0 Å². The van der Waals surface area contributed by atoms with E-state index in [-0.39, 0.29) is 23.8 Å². The zero-order valence-electron chi connectivity index (χ0n) is 13.5. The molecule has 0 aromatic rings. The first-order chi connectivity index (χ1) is 9.87. The quantitative estimate of drug-likeness (QED) is 0.819. The van der Waals surface area contributed by atoms with E-state index in [1.165, 1.54) is 0 Å². The SMILES string of the molecule is CNC(=O)C1(C)CCN(C(=O)C(C)C2CCCC(N)C2)C1. The maximum absolute atomic E-state index is 12.7. The van der Waals surface area contributed by atoms with Crippen molar-refractivity contribution in [1.82, 2.24) is 10.2 Å². The Labute approximate surface area is 127 Å². The van der Waals surface area contributed by atoms with Gasteiger partial charge in [0.25, 0.3) is 0 Å². The summed E-state index contributed by atoms with van der Waals surface area (Å²) in [5.41, 5.74) is 5.60. The summed E-state index contributed by atoms with van der Waals surface area (Å²) in [7, 11) is 1.66. The van der Waals surface area contributed by atoms with Crippen LogP contribution in [0.15, 0.2) is 0 Å². The van der Waals surface area contributed by atoms with Crippen LogP contribution in [0.25, 0.3) is 0 Å². The first kappa shape index (κ1) is 16.3. The van der Waals surface area contributed by atoms with Gasteiger partial charge in [-0.25, -0.2) is 0 Å². The van der Waals surface area contributed by atoms with Crippen molar-refractivity contribution >= 4 is 11.8 Å². The van der Waals surface area contributed by atoms with Crippen molar-refractivity contribution in [3.63, 3.8) is 0 Å². The first-order valence-electron chi connectivity index (χ1n) is 8.14. The smallest absolute Gasteiger partial charge is 0.227 e. The van der Waals surface area contributed by atoms with Crippen LogP contribution in [0.1, 0.15) is 46.0 Å². The molecule has 0 aromatic carbocycles. The van der Waals surface area contributed by atoms with Crippen LogP contribution in [0.5, 0.6) is 0 Å². The molecular weight excluding hydrogens is 266 g/mol. The van der Waals surface area contributed by atoms with Gasteiger partial charge in [-0.05, 0) is 38.5 Å². The first-order valence-corrected chi connectivity index (χ1v) is 8.14. The molecule has 2 fully saturated rings. The standard InChI is InChI=1S/C16H29N3O2/c1-11(12-5-4-6-13(17)9-12)14(20)19-8-7-16(2,10-19)15(21)18-3/h11-13H,4-10,17H2,1-3H3,(H,18,21). The van der Waals surface area contributed by atoms with Crippen LogP contribution in [0.3, 0.4) is 0 Å². The van der Waals surface area contributed by atoms with Gasteiger partial charge in [-0.15, -0.1) is 0 Å². The van der Waals surface area contributed by atoms with Gasteiger partial charge in [-0.3, -0.25) is 9.59 Å². The number of hydrogen-bond donors (Lipinski definition) is 2. The molecule has 5 nitrogen and oxygen atoms in total. The Morgan fingerprint density at radius 3 is 2.71 bits per heavy atom. The average molecular weight is 295 g/mol. The van der Waals surface area contributed by atoms with Gasteiger partial charge in [0.2, 0.25) is 11.8 Å². The lowest BCUT2D eigenvalue weighted by Crippen LogP contribution is -2.43. The van der Waals surface area contributed by atoms with Crippen LogP contribution in [0, 0.1) is 17.3 Å². The Morgan fingerprint density at radius 1 is 1.38 bits per heavy atom. The van der Waals surface area contributed by atoms with Crippen LogP contribution in [-0.2, 0) is 9.59 Å². The van der Waals surface area contributed by atoms with Crippen molar-refractivity contribution in [3.05, 3.63) is 0 Å². The maximum atomic E-state index is 12.7. The molecule has 0 radical (unpaired) electrons. The lowest BCUT2D eigenvalue weighted by molar-refractivity contribution is -0.137. The molecule has 1 aliphatic carbocycles. The summed E-state index contributed by atoms with van der Waals surface area (Å²) in [6.07, 6.45) is 5.00. The van der Waals surface area contributed by atoms with Gasteiger partial charge in [0, 0.05) is 32.1 Å². The molecule has 2 aliphatic rings. The fraction of sp³-hybridized carbons (Fsp3) is 0.875. The molecule has 1 saturated carbocycles. The molecule has 5 heteroatoms. The van der Waals surface area contributed by atoms with Gasteiger partial charge in [-0.2, -0.15) is 0 Å². The Bertz CT molecular complexity index is 412. The molecule has 1 saturated heterocycles. The predicted molar refractivity (Wildman–Crippen MR) is 82.5 cm³/mol. The van der Waals surface area contributed by atoms with Crippen LogP contribution in [0.4, 0.5) is 0 Å². The molecule has 21 heavy (non-hydrogen) atoms. The summed E-state index contributed by atoms with van der Waals surface area (Å²) < 4.78 is 0. The van der Waals surface area contributed by atoms with Crippen molar-refractivity contribution in [2.75, 3.05) is 20.1 Å². The van der Waals surface area contributed by atoms with E-state index in [4.69, 9.17) is 5.73 Å². The average Bonchev–Trinajstić information content (AvgIpc) is 2.88. The number of likely N-dealkylation sites (tertiary alicyclic amines) is 1. The highest BCUT2D eigenvalue weighted by Gasteiger charge is 2.43. The minimum Gasteiger partial charge on any atom is -0.359 e. The van der Waals surface area contributed by atoms with E-state index in [1.807, 2.05) is 18.7 Å². The number of rotatable bonds is 3. The third kappa shape index (κ3) is 3.39. The van der Waals surface area contributed by atoms with E-state index < -0.39 is 5.41 Å². The highest BCUT2D eigenvalue weighted by atomic mass is 16.2. The molecule has 4 atom stereocenters. The van der Waals surface area contributed by atoms with Crippen molar-refractivity contribution in [3.8, 4) is 0 Å². The summed E-state index contributed by atoms with van der Waals surface area (Å²) in [6.45, 7) is 5.20. The van der Waals surface area contributed by atoms with Crippen molar-refractivity contribution < 1.29 is 9.59 Å². The summed E-state index contributed by atoms with van der Waals surface area (Å²) >= 11 is 0.